The van der Waals surface area contributed by atoms with E-state index in [1.807, 2.05) is 6.92 Å². The van der Waals surface area contributed by atoms with Gasteiger partial charge in [0.1, 0.15) is 11.9 Å². The van der Waals surface area contributed by atoms with Crippen molar-refractivity contribution in [1.29, 1.82) is 0 Å². The molecule has 1 aromatic heterocycles. The minimum atomic E-state index is -0.851. The molecule has 6 nitrogen and oxygen atoms in total. The lowest BCUT2D eigenvalue weighted by atomic mass is 10.0. The van der Waals surface area contributed by atoms with Gasteiger partial charge in [-0.3, -0.25) is 14.4 Å². The van der Waals surface area contributed by atoms with E-state index in [1.54, 1.807) is 12.3 Å². The highest BCUT2D eigenvalue weighted by Crippen LogP contribution is 2.25. The summed E-state index contributed by atoms with van der Waals surface area (Å²) in [5.74, 6) is -1.14. The molecule has 1 N–H and O–H groups in total. The van der Waals surface area contributed by atoms with Gasteiger partial charge in [-0.05, 0) is 30.7 Å². The molecule has 1 unspecified atom stereocenters. The van der Waals surface area contributed by atoms with Crippen LogP contribution in [-0.4, -0.2) is 34.4 Å². The number of piperazine rings is 1. The zero-order chi connectivity index (χ0) is 18.0. The number of nitrogens with one attached hydrogen (secondary N) is 1. The summed E-state index contributed by atoms with van der Waals surface area (Å²) in [6, 6.07) is 7.47. The van der Waals surface area contributed by atoms with Gasteiger partial charge < -0.3 is 14.8 Å². The van der Waals surface area contributed by atoms with E-state index < -0.39 is 17.8 Å². The SMILES string of the molecule is CCn1ccc(C(=O)N2CCNC(=O)C2c2ccc(F)cc2)cc1=O. The minimum Gasteiger partial charge on any atom is -0.352 e. The predicted octanol–water partition coefficient (Wildman–Crippen LogP) is 1.32. The number of hydrogen-bond donors (Lipinski definition) is 1. The lowest BCUT2D eigenvalue weighted by molar-refractivity contribution is -0.128. The van der Waals surface area contributed by atoms with Crippen LogP contribution in [0.5, 0.6) is 0 Å². The average molecular weight is 343 g/mol. The average Bonchev–Trinajstić information content (AvgIpc) is 2.62. The highest BCUT2D eigenvalue weighted by molar-refractivity contribution is 5.98. The molecule has 130 valence electrons. The quantitative estimate of drug-likeness (QED) is 0.914. The van der Waals surface area contributed by atoms with Crippen molar-refractivity contribution >= 4 is 11.8 Å². The number of rotatable bonds is 3. The summed E-state index contributed by atoms with van der Waals surface area (Å²) in [5, 5.41) is 2.72. The number of aryl methyl sites for hydroxylation is 1. The normalized spacial score (nSPS) is 17.3. The van der Waals surface area contributed by atoms with Gasteiger partial charge in [-0.15, -0.1) is 0 Å². The van der Waals surface area contributed by atoms with Crippen molar-refractivity contribution in [3.8, 4) is 0 Å². The summed E-state index contributed by atoms with van der Waals surface area (Å²) in [6.07, 6.45) is 1.56. The predicted molar refractivity (Wildman–Crippen MR) is 89.6 cm³/mol. The van der Waals surface area contributed by atoms with Crippen LogP contribution in [0.25, 0.3) is 0 Å². The number of carbonyl (C=O) groups is 2. The molecule has 2 amide bonds. The number of carbonyl (C=O) groups excluding carboxylic acids is 2. The zero-order valence-corrected chi connectivity index (χ0v) is 13.7. The number of pyridine rings is 1. The van der Waals surface area contributed by atoms with Gasteiger partial charge in [0.2, 0.25) is 5.91 Å². The van der Waals surface area contributed by atoms with Gasteiger partial charge in [-0.25, -0.2) is 4.39 Å². The highest BCUT2D eigenvalue weighted by Gasteiger charge is 2.34. The molecule has 0 saturated carbocycles. The molecule has 1 saturated heterocycles. The maximum atomic E-state index is 13.2. The summed E-state index contributed by atoms with van der Waals surface area (Å²) in [5.41, 5.74) is 0.485. The Balaban J connectivity index is 1.96. The van der Waals surface area contributed by atoms with Crippen LogP contribution < -0.4 is 10.9 Å². The molecule has 7 heteroatoms. The molecule has 2 aromatic rings. The first kappa shape index (κ1) is 16.9. The van der Waals surface area contributed by atoms with E-state index in [0.29, 0.717) is 25.2 Å². The molecule has 1 atom stereocenters. The largest absolute Gasteiger partial charge is 0.352 e. The standard InChI is InChI=1S/C18H18FN3O3/c1-2-21-9-7-13(11-15(21)23)18(25)22-10-8-20-17(24)16(22)12-3-5-14(19)6-4-12/h3-7,9,11,16H,2,8,10H2,1H3,(H,20,24). The van der Waals surface area contributed by atoms with Gasteiger partial charge in [0.25, 0.3) is 11.5 Å². The van der Waals surface area contributed by atoms with E-state index in [-0.39, 0.29) is 17.0 Å². The molecule has 1 aliphatic rings. The fourth-order valence-electron chi connectivity index (χ4n) is 2.93. The van der Waals surface area contributed by atoms with Crippen molar-refractivity contribution in [3.05, 3.63) is 69.9 Å². The minimum absolute atomic E-state index is 0.233. The summed E-state index contributed by atoms with van der Waals surface area (Å²) in [6.45, 7) is 2.98. The third-order valence-corrected chi connectivity index (χ3v) is 4.24. The summed E-state index contributed by atoms with van der Waals surface area (Å²) in [7, 11) is 0. The van der Waals surface area contributed by atoms with Gasteiger partial charge in [-0.2, -0.15) is 0 Å². The Morgan fingerprint density at radius 1 is 1.24 bits per heavy atom. The van der Waals surface area contributed by atoms with Crippen LogP contribution in [0.4, 0.5) is 4.39 Å². The smallest absolute Gasteiger partial charge is 0.255 e. The third kappa shape index (κ3) is 3.31. The zero-order valence-electron chi connectivity index (χ0n) is 13.7. The molecule has 1 aliphatic heterocycles. The first-order valence-electron chi connectivity index (χ1n) is 8.06. The first-order chi connectivity index (χ1) is 12.0. The molecule has 1 fully saturated rings. The van der Waals surface area contributed by atoms with Gasteiger partial charge in [0, 0.05) is 37.5 Å². The van der Waals surface area contributed by atoms with Crippen LogP contribution in [0.3, 0.4) is 0 Å². The van der Waals surface area contributed by atoms with Gasteiger partial charge in [-0.1, -0.05) is 12.1 Å². The Morgan fingerprint density at radius 3 is 2.60 bits per heavy atom. The van der Waals surface area contributed by atoms with Crippen LogP contribution in [0.2, 0.25) is 0 Å². The Bertz CT molecular complexity index is 861. The Morgan fingerprint density at radius 2 is 1.96 bits per heavy atom. The second kappa shape index (κ2) is 6.88. The van der Waals surface area contributed by atoms with E-state index >= 15 is 0 Å². The molecule has 1 aromatic carbocycles. The van der Waals surface area contributed by atoms with Crippen molar-refractivity contribution in [1.82, 2.24) is 14.8 Å². The number of nitrogens with zero attached hydrogens (tertiary/aromatic N) is 2. The monoisotopic (exact) mass is 343 g/mol. The molecule has 0 radical (unpaired) electrons. The molecule has 3 rings (SSSR count). The fourth-order valence-corrected chi connectivity index (χ4v) is 2.93. The van der Waals surface area contributed by atoms with Crippen LogP contribution in [0.15, 0.2) is 47.4 Å². The number of hydrogen-bond acceptors (Lipinski definition) is 3. The molecule has 0 aliphatic carbocycles. The summed E-state index contributed by atoms with van der Waals surface area (Å²) in [4.78, 5) is 38.6. The number of benzene rings is 1. The topological polar surface area (TPSA) is 71.4 Å². The van der Waals surface area contributed by atoms with Crippen molar-refractivity contribution in [2.75, 3.05) is 13.1 Å². The van der Waals surface area contributed by atoms with E-state index in [9.17, 15) is 18.8 Å². The van der Waals surface area contributed by atoms with E-state index in [0.717, 1.165) is 0 Å². The van der Waals surface area contributed by atoms with E-state index in [1.165, 1.54) is 39.8 Å². The molecule has 25 heavy (non-hydrogen) atoms. The Labute approximate surface area is 143 Å². The first-order valence-corrected chi connectivity index (χ1v) is 8.06. The van der Waals surface area contributed by atoms with Crippen molar-refractivity contribution in [2.45, 2.75) is 19.5 Å². The summed E-state index contributed by atoms with van der Waals surface area (Å²) >= 11 is 0. The van der Waals surface area contributed by atoms with Crippen LogP contribution in [0, 0.1) is 5.82 Å². The van der Waals surface area contributed by atoms with Crippen LogP contribution in [-0.2, 0) is 11.3 Å². The van der Waals surface area contributed by atoms with Gasteiger partial charge >= 0.3 is 0 Å². The fraction of sp³-hybridized carbons (Fsp3) is 0.278. The Hall–Kier alpha value is -2.96. The summed E-state index contributed by atoms with van der Waals surface area (Å²) < 4.78 is 14.7. The van der Waals surface area contributed by atoms with Gasteiger partial charge in [0.15, 0.2) is 0 Å². The number of halogens is 1. The maximum absolute atomic E-state index is 13.2. The molecule has 2 heterocycles. The number of amides is 2. The van der Waals surface area contributed by atoms with E-state index in [4.69, 9.17) is 0 Å². The second-order valence-electron chi connectivity index (χ2n) is 5.78. The lowest BCUT2D eigenvalue weighted by Crippen LogP contribution is -2.52. The van der Waals surface area contributed by atoms with Crippen molar-refractivity contribution in [2.24, 2.45) is 0 Å². The van der Waals surface area contributed by atoms with Crippen molar-refractivity contribution < 1.29 is 14.0 Å². The number of aromatic nitrogens is 1. The maximum Gasteiger partial charge on any atom is 0.255 e. The lowest BCUT2D eigenvalue weighted by Gasteiger charge is -2.35. The third-order valence-electron chi connectivity index (χ3n) is 4.24. The Kier molecular flexibility index (Phi) is 4.65. The van der Waals surface area contributed by atoms with Crippen LogP contribution >= 0.6 is 0 Å². The molecular formula is C18H18FN3O3. The van der Waals surface area contributed by atoms with Gasteiger partial charge in [0.05, 0.1) is 0 Å². The highest BCUT2D eigenvalue weighted by atomic mass is 19.1. The van der Waals surface area contributed by atoms with Crippen LogP contribution in [0.1, 0.15) is 28.9 Å². The molecular weight excluding hydrogens is 325 g/mol. The van der Waals surface area contributed by atoms with E-state index in [2.05, 4.69) is 5.32 Å². The van der Waals surface area contributed by atoms with Crippen molar-refractivity contribution in [3.63, 3.8) is 0 Å². The second-order valence-corrected chi connectivity index (χ2v) is 5.78. The molecule has 0 bridgehead atoms. The molecule has 0 spiro atoms.